The van der Waals surface area contributed by atoms with Crippen LogP contribution in [0, 0.1) is 0 Å². The van der Waals surface area contributed by atoms with Gasteiger partial charge in [0.25, 0.3) is 5.91 Å². The molecular weight excluding hydrogens is 242 g/mol. The Morgan fingerprint density at radius 2 is 2.05 bits per heavy atom. The van der Waals surface area contributed by atoms with Crippen molar-refractivity contribution < 1.29 is 9.21 Å². The van der Waals surface area contributed by atoms with Crippen LogP contribution in [0.25, 0.3) is 5.69 Å². The molecule has 0 aliphatic rings. The van der Waals surface area contributed by atoms with Gasteiger partial charge in [-0.15, -0.1) is 0 Å². The molecular formula is C14H11N3O2. The number of imidazole rings is 1. The van der Waals surface area contributed by atoms with Crippen LogP contribution in [0.2, 0.25) is 0 Å². The normalized spacial score (nSPS) is 10.3. The molecule has 94 valence electrons. The molecule has 5 nitrogen and oxygen atoms in total. The lowest BCUT2D eigenvalue weighted by molar-refractivity contribution is 0.0996. The van der Waals surface area contributed by atoms with Gasteiger partial charge in [0.15, 0.2) is 5.76 Å². The Kier molecular flexibility index (Phi) is 2.86. The predicted molar refractivity (Wildman–Crippen MR) is 70.2 cm³/mol. The van der Waals surface area contributed by atoms with E-state index in [1.54, 1.807) is 24.7 Å². The number of nitrogens with zero attached hydrogens (tertiary/aromatic N) is 2. The number of carbonyl (C=O) groups excluding carboxylic acids is 1. The number of amides is 1. The van der Waals surface area contributed by atoms with Crippen molar-refractivity contribution in [3.8, 4) is 5.69 Å². The van der Waals surface area contributed by atoms with Crippen molar-refractivity contribution in [2.24, 2.45) is 0 Å². The molecule has 0 unspecified atom stereocenters. The zero-order chi connectivity index (χ0) is 13.1. The number of rotatable bonds is 3. The molecule has 5 heteroatoms. The Morgan fingerprint density at radius 1 is 1.21 bits per heavy atom. The summed E-state index contributed by atoms with van der Waals surface area (Å²) >= 11 is 0. The molecule has 1 aromatic carbocycles. The number of carbonyl (C=O) groups is 1. The summed E-state index contributed by atoms with van der Waals surface area (Å²) in [5.41, 5.74) is 1.69. The Morgan fingerprint density at radius 3 is 2.68 bits per heavy atom. The topological polar surface area (TPSA) is 60.1 Å². The van der Waals surface area contributed by atoms with Crippen molar-refractivity contribution in [3.05, 3.63) is 67.1 Å². The number of aromatic nitrogens is 2. The molecule has 3 rings (SSSR count). The van der Waals surface area contributed by atoms with Gasteiger partial charge >= 0.3 is 0 Å². The SMILES string of the molecule is O=C(Nc1ccc(-n2ccnc2)cc1)c1ccco1. The van der Waals surface area contributed by atoms with Gasteiger partial charge in [-0.3, -0.25) is 4.79 Å². The number of furan rings is 1. The maximum Gasteiger partial charge on any atom is 0.291 e. The summed E-state index contributed by atoms with van der Waals surface area (Å²) in [4.78, 5) is 15.8. The largest absolute Gasteiger partial charge is 0.459 e. The van der Waals surface area contributed by atoms with Crippen LogP contribution in [-0.4, -0.2) is 15.5 Å². The van der Waals surface area contributed by atoms with E-state index in [0.29, 0.717) is 11.4 Å². The van der Waals surface area contributed by atoms with Crippen LogP contribution in [0.4, 0.5) is 5.69 Å². The first kappa shape index (κ1) is 11.3. The molecule has 0 saturated carbocycles. The van der Waals surface area contributed by atoms with Gasteiger partial charge in [0.2, 0.25) is 0 Å². The number of hydrogen-bond donors (Lipinski definition) is 1. The third kappa shape index (κ3) is 2.40. The molecule has 1 amide bonds. The molecule has 0 spiro atoms. The van der Waals surface area contributed by atoms with Crippen molar-refractivity contribution in [2.75, 3.05) is 5.32 Å². The van der Waals surface area contributed by atoms with E-state index in [1.165, 1.54) is 6.26 Å². The smallest absolute Gasteiger partial charge is 0.291 e. The van der Waals surface area contributed by atoms with Crippen LogP contribution < -0.4 is 5.32 Å². The maximum absolute atomic E-state index is 11.8. The summed E-state index contributed by atoms with van der Waals surface area (Å²) < 4.78 is 6.91. The highest BCUT2D eigenvalue weighted by Crippen LogP contribution is 2.14. The van der Waals surface area contributed by atoms with Crippen molar-refractivity contribution in [1.29, 1.82) is 0 Å². The summed E-state index contributed by atoms with van der Waals surface area (Å²) in [7, 11) is 0. The van der Waals surface area contributed by atoms with Crippen molar-refractivity contribution in [1.82, 2.24) is 9.55 Å². The zero-order valence-electron chi connectivity index (χ0n) is 9.98. The second-order valence-electron chi connectivity index (χ2n) is 3.95. The van der Waals surface area contributed by atoms with Crippen molar-refractivity contribution in [2.45, 2.75) is 0 Å². The van der Waals surface area contributed by atoms with Crippen LogP contribution >= 0.6 is 0 Å². The quantitative estimate of drug-likeness (QED) is 0.780. The summed E-state index contributed by atoms with van der Waals surface area (Å²) in [5, 5.41) is 2.76. The first-order valence-corrected chi connectivity index (χ1v) is 5.76. The van der Waals surface area contributed by atoms with Crippen LogP contribution in [0.15, 0.2) is 65.8 Å². The van der Waals surface area contributed by atoms with Gasteiger partial charge in [-0.1, -0.05) is 0 Å². The number of benzene rings is 1. The minimum absolute atomic E-state index is 0.264. The number of anilines is 1. The third-order valence-electron chi connectivity index (χ3n) is 2.67. The average molecular weight is 253 g/mol. The van der Waals surface area contributed by atoms with Gasteiger partial charge < -0.3 is 14.3 Å². The molecule has 2 heterocycles. The van der Waals surface area contributed by atoms with Crippen LogP contribution in [-0.2, 0) is 0 Å². The van der Waals surface area contributed by atoms with E-state index in [1.807, 2.05) is 35.0 Å². The Balaban J connectivity index is 1.75. The van der Waals surface area contributed by atoms with Gasteiger partial charge in [0.1, 0.15) is 0 Å². The lowest BCUT2D eigenvalue weighted by Crippen LogP contribution is -2.10. The van der Waals surface area contributed by atoms with E-state index in [2.05, 4.69) is 10.3 Å². The van der Waals surface area contributed by atoms with Crippen molar-refractivity contribution >= 4 is 11.6 Å². The van der Waals surface area contributed by atoms with E-state index in [9.17, 15) is 4.79 Å². The highest BCUT2D eigenvalue weighted by Gasteiger charge is 2.08. The molecule has 2 aromatic heterocycles. The van der Waals surface area contributed by atoms with Crippen LogP contribution in [0.5, 0.6) is 0 Å². The fourth-order valence-electron chi connectivity index (χ4n) is 1.73. The third-order valence-corrected chi connectivity index (χ3v) is 2.67. The lowest BCUT2D eigenvalue weighted by Gasteiger charge is -2.05. The lowest BCUT2D eigenvalue weighted by atomic mass is 10.2. The monoisotopic (exact) mass is 253 g/mol. The minimum atomic E-state index is -0.264. The molecule has 3 aromatic rings. The number of nitrogens with one attached hydrogen (secondary N) is 1. The van der Waals surface area contributed by atoms with Gasteiger partial charge in [-0.05, 0) is 36.4 Å². The molecule has 1 N–H and O–H groups in total. The molecule has 19 heavy (non-hydrogen) atoms. The molecule has 0 bridgehead atoms. The Bertz CT molecular complexity index is 655. The van der Waals surface area contributed by atoms with E-state index in [4.69, 9.17) is 4.42 Å². The van der Waals surface area contributed by atoms with Gasteiger partial charge in [0, 0.05) is 23.8 Å². The van der Waals surface area contributed by atoms with Crippen LogP contribution in [0.3, 0.4) is 0 Å². The molecule has 0 saturated heterocycles. The predicted octanol–water partition coefficient (Wildman–Crippen LogP) is 2.72. The Labute approximate surface area is 109 Å². The highest BCUT2D eigenvalue weighted by atomic mass is 16.3. The molecule has 0 radical (unpaired) electrons. The molecule has 0 fully saturated rings. The summed E-state index contributed by atoms with van der Waals surface area (Å²) in [5.74, 6) is 0.0269. The van der Waals surface area contributed by atoms with E-state index in [0.717, 1.165) is 5.69 Å². The zero-order valence-corrected chi connectivity index (χ0v) is 9.98. The minimum Gasteiger partial charge on any atom is -0.459 e. The second kappa shape index (κ2) is 4.81. The van der Waals surface area contributed by atoms with Crippen LogP contribution in [0.1, 0.15) is 10.6 Å². The van der Waals surface area contributed by atoms with E-state index >= 15 is 0 Å². The summed E-state index contributed by atoms with van der Waals surface area (Å²) in [6, 6.07) is 10.8. The average Bonchev–Trinajstić information content (AvgIpc) is 3.13. The fraction of sp³-hybridized carbons (Fsp3) is 0. The van der Waals surface area contributed by atoms with Gasteiger partial charge in [0.05, 0.1) is 12.6 Å². The molecule has 0 aliphatic heterocycles. The fourth-order valence-corrected chi connectivity index (χ4v) is 1.73. The number of hydrogen-bond acceptors (Lipinski definition) is 3. The van der Waals surface area contributed by atoms with Gasteiger partial charge in [-0.25, -0.2) is 4.98 Å². The standard InChI is InChI=1S/C14H11N3O2/c18-14(13-2-1-9-19-13)16-11-3-5-12(6-4-11)17-8-7-15-10-17/h1-10H,(H,16,18). The van der Waals surface area contributed by atoms with E-state index in [-0.39, 0.29) is 5.91 Å². The first-order valence-electron chi connectivity index (χ1n) is 5.76. The van der Waals surface area contributed by atoms with Crippen molar-refractivity contribution in [3.63, 3.8) is 0 Å². The first-order chi connectivity index (χ1) is 9.33. The van der Waals surface area contributed by atoms with E-state index < -0.39 is 0 Å². The second-order valence-corrected chi connectivity index (χ2v) is 3.95. The summed E-state index contributed by atoms with van der Waals surface area (Å²) in [6.07, 6.45) is 6.76. The highest BCUT2D eigenvalue weighted by molar-refractivity contribution is 6.02. The van der Waals surface area contributed by atoms with Gasteiger partial charge in [-0.2, -0.15) is 0 Å². The summed E-state index contributed by atoms with van der Waals surface area (Å²) in [6.45, 7) is 0. The Hall–Kier alpha value is -2.82. The maximum atomic E-state index is 11.8. The molecule has 0 atom stereocenters. The molecule has 0 aliphatic carbocycles.